The number of para-hydroxylation sites is 1. The van der Waals surface area contributed by atoms with Gasteiger partial charge in [-0.25, -0.2) is 9.59 Å². The minimum absolute atomic E-state index is 0.116. The molecule has 2 heterocycles. The first kappa shape index (κ1) is 22.1. The molecule has 2 aliphatic rings. The summed E-state index contributed by atoms with van der Waals surface area (Å²) in [4.78, 5) is 40.1. The third kappa shape index (κ3) is 4.04. The van der Waals surface area contributed by atoms with E-state index in [0.717, 1.165) is 22.3 Å². The number of benzene rings is 2. The van der Waals surface area contributed by atoms with Crippen molar-refractivity contribution in [3.05, 3.63) is 76.2 Å². The number of thiocarbonyl (C=S) groups is 1. The van der Waals surface area contributed by atoms with Crippen LogP contribution < -0.4 is 9.80 Å². The van der Waals surface area contributed by atoms with E-state index < -0.39 is 18.0 Å². The molecule has 0 bridgehead atoms. The average molecular weight is 485 g/mol. The lowest BCUT2D eigenvalue weighted by atomic mass is 10.2. The highest BCUT2D eigenvalue weighted by Crippen LogP contribution is 2.47. The molecule has 10 heteroatoms. The molecule has 1 amide bonds. The van der Waals surface area contributed by atoms with Gasteiger partial charge in [0.2, 0.25) is 0 Å². The topological polar surface area (TPSA) is 98.2 Å². The van der Waals surface area contributed by atoms with E-state index in [4.69, 9.17) is 17.3 Å². The number of thioether (sulfide) groups is 2. The summed E-state index contributed by atoms with van der Waals surface area (Å²) in [5.74, 6) is -2.33. The maximum atomic E-state index is 13.0. The average Bonchev–Trinajstić information content (AvgIpc) is 3.27. The van der Waals surface area contributed by atoms with E-state index in [1.165, 1.54) is 40.9 Å². The molecule has 0 saturated carbocycles. The lowest BCUT2D eigenvalue weighted by molar-refractivity contribution is -0.138. The summed E-state index contributed by atoms with van der Waals surface area (Å²) in [6.07, 6.45) is 3.37. The molecule has 0 aromatic heterocycles. The minimum Gasteiger partial charge on any atom is -0.480 e. The predicted molar refractivity (Wildman–Crippen MR) is 129 cm³/mol. The molecule has 162 valence electrons. The van der Waals surface area contributed by atoms with Crippen molar-refractivity contribution in [2.45, 2.75) is 17.9 Å². The van der Waals surface area contributed by atoms with Gasteiger partial charge in [0, 0.05) is 4.90 Å². The minimum atomic E-state index is -1.05. The molecule has 1 unspecified atom stereocenters. The quantitative estimate of drug-likeness (QED) is 0.467. The van der Waals surface area contributed by atoms with E-state index in [2.05, 4.69) is 0 Å². The van der Waals surface area contributed by atoms with Gasteiger partial charge in [-0.2, -0.15) is 0 Å². The number of rotatable bonds is 5. The first-order valence-electron chi connectivity index (χ1n) is 9.38. The maximum absolute atomic E-state index is 13.0. The summed E-state index contributed by atoms with van der Waals surface area (Å²) in [7, 11) is 0. The predicted octanol–water partition coefficient (Wildman–Crippen LogP) is 4.56. The highest BCUT2D eigenvalue weighted by Gasteiger charge is 2.34. The van der Waals surface area contributed by atoms with Crippen molar-refractivity contribution in [1.82, 2.24) is 0 Å². The molecule has 2 aliphatic heterocycles. The van der Waals surface area contributed by atoms with E-state index in [1.54, 1.807) is 24.0 Å². The number of hydrogen-bond acceptors (Lipinski definition) is 7. The molecular formula is C22H16N2O5S3. The number of allylic oxidation sites excluding steroid dienone is 2. The zero-order valence-corrected chi connectivity index (χ0v) is 19.0. The summed E-state index contributed by atoms with van der Waals surface area (Å²) < 4.78 is 0.334. The first-order valence-corrected chi connectivity index (χ1v) is 11.4. The number of carboxylic acids is 2. The number of nitrogens with zero attached hydrogens (tertiary/aromatic N) is 2. The van der Waals surface area contributed by atoms with Crippen LogP contribution in [-0.2, 0) is 9.59 Å². The van der Waals surface area contributed by atoms with E-state index in [9.17, 15) is 19.5 Å². The van der Waals surface area contributed by atoms with Crippen molar-refractivity contribution in [3.63, 3.8) is 0 Å². The van der Waals surface area contributed by atoms with Gasteiger partial charge in [0.15, 0.2) is 4.32 Å². The second kappa shape index (κ2) is 8.81. The first-order chi connectivity index (χ1) is 15.3. The Kier molecular flexibility index (Phi) is 6.09. The van der Waals surface area contributed by atoms with Crippen LogP contribution in [0.25, 0.3) is 0 Å². The third-order valence-electron chi connectivity index (χ3n) is 4.86. The molecule has 1 fully saturated rings. The molecule has 2 N–H and O–H groups in total. The normalized spacial score (nSPS) is 19.0. The number of carbonyl (C=O) groups excluding carboxylic acids is 1. The van der Waals surface area contributed by atoms with Crippen LogP contribution in [0.15, 0.2) is 75.5 Å². The molecule has 7 nitrogen and oxygen atoms in total. The summed E-state index contributed by atoms with van der Waals surface area (Å²) in [5, 5.41) is 19.3. The van der Waals surface area contributed by atoms with Gasteiger partial charge in [0.1, 0.15) is 6.04 Å². The molecule has 1 atom stereocenters. The SMILES string of the molecule is CC(C(=O)O)N1/C(=C\C=C2\SC(=S)N(c3ccc(C(=O)O)cc3)C2=O)Sc2ccccc21. The molecule has 0 radical (unpaired) electrons. The van der Waals surface area contributed by atoms with Crippen molar-refractivity contribution in [2.24, 2.45) is 0 Å². The van der Waals surface area contributed by atoms with Gasteiger partial charge in [-0.1, -0.05) is 47.9 Å². The number of amides is 1. The zero-order chi connectivity index (χ0) is 23.0. The van der Waals surface area contributed by atoms with Crippen LogP contribution in [0.1, 0.15) is 17.3 Å². The van der Waals surface area contributed by atoms with Crippen LogP contribution in [-0.4, -0.2) is 38.4 Å². The lowest BCUT2D eigenvalue weighted by Crippen LogP contribution is -2.36. The van der Waals surface area contributed by atoms with Gasteiger partial charge in [-0.15, -0.1) is 0 Å². The Hall–Kier alpha value is -3.08. The Labute approximate surface area is 197 Å². The number of fused-ring (bicyclic) bond motifs is 1. The van der Waals surface area contributed by atoms with Crippen LogP contribution in [0.3, 0.4) is 0 Å². The van der Waals surface area contributed by atoms with Gasteiger partial charge in [0.05, 0.1) is 26.9 Å². The van der Waals surface area contributed by atoms with Gasteiger partial charge in [0.25, 0.3) is 5.91 Å². The monoisotopic (exact) mass is 484 g/mol. The Morgan fingerprint density at radius 1 is 1.03 bits per heavy atom. The third-order valence-corrected chi connectivity index (χ3v) is 7.29. The van der Waals surface area contributed by atoms with Crippen molar-refractivity contribution in [1.29, 1.82) is 0 Å². The Morgan fingerprint density at radius 2 is 1.72 bits per heavy atom. The molecule has 0 spiro atoms. The number of aromatic carboxylic acids is 1. The molecule has 0 aliphatic carbocycles. The van der Waals surface area contributed by atoms with E-state index in [1.807, 2.05) is 24.3 Å². The largest absolute Gasteiger partial charge is 0.480 e. The molecule has 2 aromatic carbocycles. The zero-order valence-electron chi connectivity index (χ0n) is 16.6. The van der Waals surface area contributed by atoms with E-state index in [0.29, 0.717) is 19.9 Å². The van der Waals surface area contributed by atoms with Gasteiger partial charge in [-0.3, -0.25) is 9.69 Å². The van der Waals surface area contributed by atoms with Crippen LogP contribution in [0.2, 0.25) is 0 Å². The summed E-state index contributed by atoms with van der Waals surface area (Å²) >= 11 is 7.93. The van der Waals surface area contributed by atoms with Crippen molar-refractivity contribution in [3.8, 4) is 0 Å². The van der Waals surface area contributed by atoms with Gasteiger partial charge in [-0.05, 0) is 55.5 Å². The highest BCUT2D eigenvalue weighted by atomic mass is 32.2. The molecule has 1 saturated heterocycles. The standard InChI is InChI=1S/C22H16N2O5S3/c1-12(20(26)27)23-15-4-2-3-5-16(15)31-18(23)11-10-17-19(25)24(22(30)32-17)14-8-6-13(7-9-14)21(28)29/h2-12H,1H3,(H,26,27)(H,28,29)/b17-10+,18-11+. The number of anilines is 2. The number of aliphatic carboxylic acids is 1. The number of hydrogen-bond donors (Lipinski definition) is 2. The number of carboxylic acid groups (broad SMARTS) is 2. The molecule has 4 rings (SSSR count). The Morgan fingerprint density at radius 3 is 2.38 bits per heavy atom. The Balaban J connectivity index is 1.62. The second-order valence-electron chi connectivity index (χ2n) is 6.85. The Bertz CT molecular complexity index is 1210. The molecule has 2 aromatic rings. The van der Waals surface area contributed by atoms with Crippen molar-refractivity contribution < 1.29 is 24.6 Å². The summed E-state index contributed by atoms with van der Waals surface area (Å²) in [6.45, 7) is 1.61. The van der Waals surface area contributed by atoms with Crippen molar-refractivity contribution >= 4 is 69.3 Å². The second-order valence-corrected chi connectivity index (χ2v) is 9.59. The van der Waals surface area contributed by atoms with Crippen molar-refractivity contribution in [2.75, 3.05) is 9.80 Å². The van der Waals surface area contributed by atoms with Crippen LogP contribution in [0, 0.1) is 0 Å². The summed E-state index contributed by atoms with van der Waals surface area (Å²) in [6, 6.07) is 12.6. The van der Waals surface area contributed by atoms with Gasteiger partial charge >= 0.3 is 11.9 Å². The number of carbonyl (C=O) groups is 3. The fourth-order valence-electron chi connectivity index (χ4n) is 3.25. The fraction of sp³-hybridized carbons (Fsp3) is 0.0909. The summed E-state index contributed by atoms with van der Waals surface area (Å²) in [5.41, 5.74) is 1.40. The fourth-order valence-corrected chi connectivity index (χ4v) is 5.63. The van der Waals surface area contributed by atoms with E-state index in [-0.39, 0.29) is 11.5 Å². The van der Waals surface area contributed by atoms with E-state index >= 15 is 0 Å². The van der Waals surface area contributed by atoms with Crippen LogP contribution in [0.4, 0.5) is 11.4 Å². The maximum Gasteiger partial charge on any atom is 0.335 e. The highest BCUT2D eigenvalue weighted by molar-refractivity contribution is 8.27. The smallest absolute Gasteiger partial charge is 0.335 e. The molecule has 32 heavy (non-hydrogen) atoms. The van der Waals surface area contributed by atoms with Gasteiger partial charge < -0.3 is 15.1 Å². The lowest BCUT2D eigenvalue weighted by Gasteiger charge is -2.24. The molecular weight excluding hydrogens is 468 g/mol. The van der Waals surface area contributed by atoms with Crippen LogP contribution >= 0.6 is 35.7 Å². The van der Waals surface area contributed by atoms with Crippen LogP contribution in [0.5, 0.6) is 0 Å².